The van der Waals surface area contributed by atoms with E-state index in [9.17, 15) is 9.18 Å². The molecule has 0 fully saturated rings. The van der Waals surface area contributed by atoms with Crippen LogP contribution in [0.25, 0.3) is 10.9 Å². The van der Waals surface area contributed by atoms with Crippen LogP contribution < -0.4 is 9.47 Å². The fourth-order valence-electron chi connectivity index (χ4n) is 3.31. The molecule has 1 aromatic heterocycles. The monoisotopic (exact) mass is 503 g/mol. The lowest BCUT2D eigenvalue weighted by Crippen LogP contribution is -2.04. The van der Waals surface area contributed by atoms with Gasteiger partial charge in [0, 0.05) is 27.2 Å². The van der Waals surface area contributed by atoms with E-state index in [0.717, 1.165) is 15.6 Å². The lowest BCUT2D eigenvalue weighted by atomic mass is 10.2. The molecule has 0 unspecified atom stereocenters. The SMILES string of the molecule is O=C(O)Oc1cccc2c1ccn2Cc1cc(Br)ccc1OCc1ccc(F)cc1Cl. The molecule has 31 heavy (non-hydrogen) atoms. The number of ether oxygens (including phenoxy) is 2. The highest BCUT2D eigenvalue weighted by atomic mass is 79.9. The maximum absolute atomic E-state index is 13.3. The van der Waals surface area contributed by atoms with Gasteiger partial charge in [-0.1, -0.05) is 39.7 Å². The van der Waals surface area contributed by atoms with Crippen molar-refractivity contribution in [2.24, 2.45) is 0 Å². The van der Waals surface area contributed by atoms with Gasteiger partial charge in [0.1, 0.15) is 23.9 Å². The van der Waals surface area contributed by atoms with Gasteiger partial charge < -0.3 is 19.1 Å². The number of hydrogen-bond acceptors (Lipinski definition) is 3. The molecule has 1 N–H and O–H groups in total. The number of benzene rings is 3. The Bertz CT molecular complexity index is 1270. The first-order chi connectivity index (χ1) is 14.9. The zero-order valence-electron chi connectivity index (χ0n) is 16.0. The Morgan fingerprint density at radius 1 is 1.06 bits per heavy atom. The van der Waals surface area contributed by atoms with E-state index in [1.807, 2.05) is 41.1 Å². The third-order valence-electron chi connectivity index (χ3n) is 4.73. The van der Waals surface area contributed by atoms with Crippen LogP contribution in [-0.2, 0) is 13.2 Å². The molecular weight excluding hydrogens is 489 g/mol. The quantitative estimate of drug-likeness (QED) is 0.230. The van der Waals surface area contributed by atoms with E-state index in [2.05, 4.69) is 15.9 Å². The van der Waals surface area contributed by atoms with Gasteiger partial charge in [-0.3, -0.25) is 0 Å². The molecule has 0 amide bonds. The number of rotatable bonds is 6. The fraction of sp³-hybridized carbons (Fsp3) is 0.0870. The van der Waals surface area contributed by atoms with E-state index < -0.39 is 12.0 Å². The summed E-state index contributed by atoms with van der Waals surface area (Å²) in [6.07, 6.45) is 0.503. The minimum Gasteiger partial charge on any atom is -0.488 e. The average molecular weight is 505 g/mol. The van der Waals surface area contributed by atoms with Crippen molar-refractivity contribution in [3.8, 4) is 11.5 Å². The second-order valence-corrected chi connectivity index (χ2v) is 8.10. The molecule has 0 spiro atoms. The summed E-state index contributed by atoms with van der Waals surface area (Å²) in [4.78, 5) is 10.9. The van der Waals surface area contributed by atoms with Crippen LogP contribution >= 0.6 is 27.5 Å². The summed E-state index contributed by atoms with van der Waals surface area (Å²) in [5.74, 6) is 0.535. The molecule has 4 aromatic rings. The molecular formula is C23H16BrClFNO4. The number of hydrogen-bond donors (Lipinski definition) is 1. The smallest absolute Gasteiger partial charge is 0.488 e. The van der Waals surface area contributed by atoms with E-state index in [1.165, 1.54) is 12.1 Å². The molecule has 0 aliphatic rings. The maximum Gasteiger partial charge on any atom is 0.511 e. The summed E-state index contributed by atoms with van der Waals surface area (Å²) in [5.41, 5.74) is 2.40. The standard InChI is InChI=1S/C23H16BrClFNO4/c24-16-5-7-21(30-13-14-4-6-17(26)11-19(14)25)15(10-16)12-27-9-8-18-20(27)2-1-3-22(18)31-23(28)29/h1-11H,12-13H2,(H,28,29). The summed E-state index contributed by atoms with van der Waals surface area (Å²) in [7, 11) is 0. The molecule has 8 heteroatoms. The van der Waals surface area contributed by atoms with Gasteiger partial charge in [0.2, 0.25) is 0 Å². The van der Waals surface area contributed by atoms with Crippen molar-refractivity contribution in [3.63, 3.8) is 0 Å². The number of fused-ring (bicyclic) bond motifs is 1. The number of nitrogens with zero attached hydrogens (tertiary/aromatic N) is 1. The highest BCUT2D eigenvalue weighted by Gasteiger charge is 2.13. The van der Waals surface area contributed by atoms with E-state index >= 15 is 0 Å². The van der Waals surface area contributed by atoms with Crippen LogP contribution in [0, 0.1) is 5.82 Å². The minimum atomic E-state index is -1.36. The molecule has 0 saturated carbocycles. The molecule has 4 rings (SSSR count). The molecule has 0 aliphatic carbocycles. The molecule has 5 nitrogen and oxygen atoms in total. The van der Waals surface area contributed by atoms with E-state index in [0.29, 0.717) is 28.3 Å². The van der Waals surface area contributed by atoms with E-state index in [4.69, 9.17) is 26.2 Å². The third kappa shape index (κ3) is 4.84. The Kier molecular flexibility index (Phi) is 6.15. The Morgan fingerprint density at radius 3 is 2.68 bits per heavy atom. The van der Waals surface area contributed by atoms with Crippen LogP contribution in [0.1, 0.15) is 11.1 Å². The van der Waals surface area contributed by atoms with E-state index in [1.54, 1.807) is 18.2 Å². The van der Waals surface area contributed by atoms with Gasteiger partial charge >= 0.3 is 6.16 Å². The fourth-order valence-corrected chi connectivity index (χ4v) is 3.94. The summed E-state index contributed by atoms with van der Waals surface area (Å²) in [6, 6.07) is 16.9. The van der Waals surface area contributed by atoms with Crippen LogP contribution in [0.3, 0.4) is 0 Å². The first-order valence-electron chi connectivity index (χ1n) is 9.24. The lowest BCUT2D eigenvalue weighted by Gasteiger charge is -2.14. The average Bonchev–Trinajstić information content (AvgIpc) is 3.12. The molecule has 0 aliphatic heterocycles. The second kappa shape index (κ2) is 8.99. The first-order valence-corrected chi connectivity index (χ1v) is 10.4. The van der Waals surface area contributed by atoms with Gasteiger partial charge in [-0.25, -0.2) is 9.18 Å². The predicted octanol–water partition coefficient (Wildman–Crippen LogP) is 6.88. The summed E-state index contributed by atoms with van der Waals surface area (Å²) in [6.45, 7) is 0.669. The first kappa shape index (κ1) is 21.2. The predicted molar refractivity (Wildman–Crippen MR) is 120 cm³/mol. The molecule has 0 bridgehead atoms. The van der Waals surface area contributed by atoms with Gasteiger partial charge in [0.05, 0.1) is 17.1 Å². The Labute approximate surface area is 190 Å². The third-order valence-corrected chi connectivity index (χ3v) is 5.58. The van der Waals surface area contributed by atoms with Crippen LogP contribution in [0.2, 0.25) is 5.02 Å². The van der Waals surface area contributed by atoms with Crippen LogP contribution in [-0.4, -0.2) is 15.8 Å². The van der Waals surface area contributed by atoms with Crippen molar-refractivity contribution in [2.45, 2.75) is 13.2 Å². The van der Waals surface area contributed by atoms with Crippen molar-refractivity contribution in [3.05, 3.63) is 93.3 Å². The lowest BCUT2D eigenvalue weighted by molar-refractivity contribution is 0.145. The van der Waals surface area contributed by atoms with Gasteiger partial charge in [0.25, 0.3) is 0 Å². The van der Waals surface area contributed by atoms with Gasteiger partial charge in [-0.2, -0.15) is 0 Å². The van der Waals surface area contributed by atoms with Crippen molar-refractivity contribution < 1.29 is 23.8 Å². The number of carbonyl (C=O) groups is 1. The molecule has 158 valence electrons. The highest BCUT2D eigenvalue weighted by molar-refractivity contribution is 9.10. The zero-order chi connectivity index (χ0) is 22.0. The normalized spacial score (nSPS) is 10.9. The van der Waals surface area contributed by atoms with Gasteiger partial charge in [-0.05, 0) is 48.5 Å². The minimum absolute atomic E-state index is 0.191. The Balaban J connectivity index is 1.62. The largest absolute Gasteiger partial charge is 0.511 e. The van der Waals surface area contributed by atoms with Crippen molar-refractivity contribution >= 4 is 44.6 Å². The van der Waals surface area contributed by atoms with Crippen molar-refractivity contribution in [1.29, 1.82) is 0 Å². The Morgan fingerprint density at radius 2 is 1.90 bits per heavy atom. The number of aromatic nitrogens is 1. The molecule has 0 atom stereocenters. The Hall–Kier alpha value is -3.03. The molecule has 0 saturated heterocycles. The summed E-state index contributed by atoms with van der Waals surface area (Å²) >= 11 is 9.60. The second-order valence-electron chi connectivity index (χ2n) is 6.78. The molecule has 0 radical (unpaired) electrons. The maximum atomic E-state index is 13.3. The summed E-state index contributed by atoms with van der Waals surface area (Å²) < 4.78 is 27.0. The van der Waals surface area contributed by atoms with E-state index in [-0.39, 0.29) is 12.4 Å². The van der Waals surface area contributed by atoms with Gasteiger partial charge in [0.15, 0.2) is 0 Å². The topological polar surface area (TPSA) is 60.7 Å². The highest BCUT2D eigenvalue weighted by Crippen LogP contribution is 2.30. The van der Waals surface area contributed by atoms with Crippen LogP contribution in [0.4, 0.5) is 9.18 Å². The summed E-state index contributed by atoms with van der Waals surface area (Å²) in [5, 5.41) is 9.94. The molecule has 3 aromatic carbocycles. The molecule has 1 heterocycles. The van der Waals surface area contributed by atoms with Crippen LogP contribution in [0.15, 0.2) is 71.3 Å². The zero-order valence-corrected chi connectivity index (χ0v) is 18.4. The number of carboxylic acid groups (broad SMARTS) is 1. The van der Waals surface area contributed by atoms with Crippen molar-refractivity contribution in [1.82, 2.24) is 4.57 Å². The number of halogens is 3. The van der Waals surface area contributed by atoms with Gasteiger partial charge in [-0.15, -0.1) is 0 Å². The van der Waals surface area contributed by atoms with Crippen molar-refractivity contribution in [2.75, 3.05) is 0 Å². The van der Waals surface area contributed by atoms with Crippen LogP contribution in [0.5, 0.6) is 11.5 Å².